The second-order valence-corrected chi connectivity index (χ2v) is 6.09. The van der Waals surface area contributed by atoms with E-state index in [-0.39, 0.29) is 12.4 Å². The summed E-state index contributed by atoms with van der Waals surface area (Å²) in [5.41, 5.74) is 12.0. The first-order valence-electron chi connectivity index (χ1n) is 8.52. The lowest BCUT2D eigenvalue weighted by atomic mass is 10.1. The van der Waals surface area contributed by atoms with Crippen LogP contribution < -0.4 is 11.5 Å². The Hall–Kier alpha value is -1.89. The maximum atomic E-state index is 10.3. The van der Waals surface area contributed by atoms with E-state index in [0.29, 0.717) is 24.3 Å². The summed E-state index contributed by atoms with van der Waals surface area (Å²) in [6.45, 7) is 1.06. The van der Waals surface area contributed by atoms with Crippen molar-refractivity contribution in [3.8, 4) is 0 Å². The van der Waals surface area contributed by atoms with E-state index in [1.54, 1.807) is 0 Å². The van der Waals surface area contributed by atoms with Crippen LogP contribution in [0.15, 0.2) is 12.7 Å². The van der Waals surface area contributed by atoms with Crippen molar-refractivity contribution in [2.75, 3.05) is 25.5 Å². The van der Waals surface area contributed by atoms with Crippen molar-refractivity contribution in [2.45, 2.75) is 43.8 Å². The van der Waals surface area contributed by atoms with Gasteiger partial charge in [-0.25, -0.2) is 24.7 Å². The van der Waals surface area contributed by atoms with Crippen molar-refractivity contribution in [1.82, 2.24) is 19.5 Å². The fraction of sp³-hybridized carbons (Fsp3) is 0.667. The molecule has 0 spiro atoms. The van der Waals surface area contributed by atoms with Crippen LogP contribution in [0.25, 0.3) is 11.2 Å². The molecule has 0 aromatic carbocycles. The van der Waals surface area contributed by atoms with E-state index in [4.69, 9.17) is 26.0 Å². The van der Waals surface area contributed by atoms with E-state index in [1.165, 1.54) is 17.2 Å². The molecule has 0 bridgehead atoms. The summed E-state index contributed by atoms with van der Waals surface area (Å²) in [7, 11) is 0. The molecular formula is C15H24N6O5. The van der Waals surface area contributed by atoms with Gasteiger partial charge in [0, 0.05) is 0 Å². The van der Waals surface area contributed by atoms with Gasteiger partial charge in [-0.3, -0.25) is 4.57 Å². The summed E-state index contributed by atoms with van der Waals surface area (Å²) in [6.07, 6.45) is 1.52. The fourth-order valence-corrected chi connectivity index (χ4v) is 2.81. The Kier molecular flexibility index (Phi) is 6.29. The Labute approximate surface area is 149 Å². The standard InChI is InChI=1S/C15H24N6O5/c16-4-2-1-3-5-24-25-6-9-11(22)12(23)15(26-9)21-8-20-10-13(17)18-7-19-14(10)21/h7-9,11-12,15,22-23H,1-6,16H2,(H2,17,18,19)/t9-,11-,12-,15-/m1/s1. The van der Waals surface area contributed by atoms with Gasteiger partial charge < -0.3 is 26.4 Å². The van der Waals surface area contributed by atoms with Crippen molar-refractivity contribution >= 4 is 17.0 Å². The van der Waals surface area contributed by atoms with E-state index < -0.39 is 24.5 Å². The van der Waals surface area contributed by atoms with E-state index in [2.05, 4.69) is 15.0 Å². The summed E-state index contributed by atoms with van der Waals surface area (Å²) < 4.78 is 7.23. The van der Waals surface area contributed by atoms with E-state index in [0.717, 1.165) is 19.3 Å². The van der Waals surface area contributed by atoms with Gasteiger partial charge in [-0.05, 0) is 25.8 Å². The highest BCUT2D eigenvalue weighted by Crippen LogP contribution is 2.32. The SMILES string of the molecule is NCCCCCOOC[C@H]1O[C@@H](n2cnc3c(N)ncnc32)[C@H](O)[C@@H]1O. The van der Waals surface area contributed by atoms with Crippen LogP contribution in [0.4, 0.5) is 5.82 Å². The predicted molar refractivity (Wildman–Crippen MR) is 90.5 cm³/mol. The molecular weight excluding hydrogens is 344 g/mol. The van der Waals surface area contributed by atoms with Gasteiger partial charge in [0.2, 0.25) is 0 Å². The number of nitrogens with two attached hydrogens (primary N) is 2. The number of nitrogens with zero attached hydrogens (tertiary/aromatic N) is 4. The highest BCUT2D eigenvalue weighted by atomic mass is 17.2. The number of anilines is 1. The Morgan fingerprint density at radius 2 is 1.96 bits per heavy atom. The van der Waals surface area contributed by atoms with Crippen molar-refractivity contribution in [2.24, 2.45) is 5.73 Å². The Morgan fingerprint density at radius 1 is 1.12 bits per heavy atom. The first kappa shape index (κ1) is 18.9. The predicted octanol–water partition coefficient (Wildman–Crippen LogP) is -0.895. The van der Waals surface area contributed by atoms with Gasteiger partial charge in [-0.2, -0.15) is 0 Å². The Morgan fingerprint density at radius 3 is 2.77 bits per heavy atom. The van der Waals surface area contributed by atoms with Crippen LogP contribution in [0.5, 0.6) is 0 Å². The topological polar surface area (TPSA) is 164 Å². The summed E-state index contributed by atoms with van der Waals surface area (Å²) in [5.74, 6) is 0.227. The van der Waals surface area contributed by atoms with E-state index in [1.807, 2.05) is 0 Å². The number of unbranched alkanes of at least 4 members (excludes halogenated alkanes) is 2. The largest absolute Gasteiger partial charge is 0.387 e. The van der Waals surface area contributed by atoms with Crippen LogP contribution >= 0.6 is 0 Å². The molecule has 1 saturated heterocycles. The van der Waals surface area contributed by atoms with Gasteiger partial charge >= 0.3 is 0 Å². The molecule has 0 saturated carbocycles. The lowest BCUT2D eigenvalue weighted by Gasteiger charge is -2.16. The number of ether oxygens (including phenoxy) is 1. The molecule has 6 N–H and O–H groups in total. The number of hydrogen-bond acceptors (Lipinski definition) is 10. The average molecular weight is 368 g/mol. The lowest BCUT2D eigenvalue weighted by molar-refractivity contribution is -0.310. The number of nitrogen functional groups attached to an aromatic ring is 1. The third-order valence-electron chi connectivity index (χ3n) is 4.25. The van der Waals surface area contributed by atoms with Gasteiger partial charge in [0.25, 0.3) is 0 Å². The van der Waals surface area contributed by atoms with Crippen molar-refractivity contribution in [3.05, 3.63) is 12.7 Å². The molecule has 3 rings (SSSR count). The number of aromatic nitrogens is 4. The van der Waals surface area contributed by atoms with Crippen molar-refractivity contribution < 1.29 is 24.7 Å². The van der Waals surface area contributed by atoms with E-state index >= 15 is 0 Å². The molecule has 0 aliphatic carbocycles. The third kappa shape index (κ3) is 3.92. The minimum absolute atomic E-state index is 0.0185. The first-order valence-corrected chi connectivity index (χ1v) is 8.52. The number of rotatable bonds is 9. The lowest BCUT2D eigenvalue weighted by Crippen LogP contribution is -2.33. The van der Waals surface area contributed by atoms with Crippen LogP contribution in [0.3, 0.4) is 0 Å². The number of aliphatic hydroxyl groups excluding tert-OH is 2. The van der Waals surface area contributed by atoms with Gasteiger partial charge in [-0.15, -0.1) is 0 Å². The second-order valence-electron chi connectivity index (χ2n) is 6.09. The molecule has 1 aliphatic rings. The second kappa shape index (κ2) is 8.66. The maximum Gasteiger partial charge on any atom is 0.167 e. The van der Waals surface area contributed by atoms with Crippen LogP contribution in [0, 0.1) is 0 Å². The molecule has 1 aliphatic heterocycles. The number of hydrogen-bond donors (Lipinski definition) is 4. The number of imidazole rings is 1. The molecule has 0 radical (unpaired) electrons. The molecule has 144 valence electrons. The zero-order valence-corrected chi connectivity index (χ0v) is 14.3. The molecule has 26 heavy (non-hydrogen) atoms. The highest BCUT2D eigenvalue weighted by Gasteiger charge is 2.44. The minimum atomic E-state index is -1.18. The van der Waals surface area contributed by atoms with Gasteiger partial charge in [0.05, 0.1) is 12.9 Å². The van der Waals surface area contributed by atoms with Gasteiger partial charge in [-0.1, -0.05) is 0 Å². The Balaban J connectivity index is 1.56. The smallest absolute Gasteiger partial charge is 0.167 e. The fourth-order valence-electron chi connectivity index (χ4n) is 2.81. The van der Waals surface area contributed by atoms with E-state index in [9.17, 15) is 10.2 Å². The van der Waals surface area contributed by atoms with Gasteiger partial charge in [0.1, 0.15) is 36.8 Å². The quantitative estimate of drug-likeness (QED) is 0.248. The zero-order chi connectivity index (χ0) is 18.5. The highest BCUT2D eigenvalue weighted by molar-refractivity contribution is 5.81. The zero-order valence-electron chi connectivity index (χ0n) is 14.3. The molecule has 11 heteroatoms. The monoisotopic (exact) mass is 368 g/mol. The summed E-state index contributed by atoms with van der Waals surface area (Å²) in [4.78, 5) is 22.3. The third-order valence-corrected chi connectivity index (χ3v) is 4.25. The molecule has 2 aromatic heterocycles. The minimum Gasteiger partial charge on any atom is -0.387 e. The van der Waals surface area contributed by atoms with Crippen LogP contribution in [-0.4, -0.2) is 67.8 Å². The summed E-state index contributed by atoms with van der Waals surface area (Å²) >= 11 is 0. The Bertz CT molecular complexity index is 713. The molecule has 11 nitrogen and oxygen atoms in total. The molecule has 2 aromatic rings. The normalized spacial score (nSPS) is 26.0. The first-order chi connectivity index (χ1) is 12.6. The van der Waals surface area contributed by atoms with Crippen LogP contribution in [0.2, 0.25) is 0 Å². The number of aliphatic hydroxyl groups is 2. The average Bonchev–Trinajstić information content (AvgIpc) is 3.18. The van der Waals surface area contributed by atoms with Crippen molar-refractivity contribution in [3.63, 3.8) is 0 Å². The molecule has 3 heterocycles. The molecule has 4 atom stereocenters. The molecule has 1 fully saturated rings. The summed E-state index contributed by atoms with van der Waals surface area (Å²) in [5, 5.41) is 20.5. The molecule has 0 amide bonds. The summed E-state index contributed by atoms with van der Waals surface area (Å²) in [6, 6.07) is 0. The van der Waals surface area contributed by atoms with Gasteiger partial charge in [0.15, 0.2) is 17.7 Å². The van der Waals surface area contributed by atoms with Crippen LogP contribution in [0.1, 0.15) is 25.5 Å². The van der Waals surface area contributed by atoms with Crippen molar-refractivity contribution in [1.29, 1.82) is 0 Å². The number of fused-ring (bicyclic) bond motifs is 1. The van der Waals surface area contributed by atoms with Crippen LogP contribution in [-0.2, 0) is 14.5 Å². The molecule has 0 unspecified atom stereocenters. The maximum absolute atomic E-state index is 10.3.